The van der Waals surface area contributed by atoms with Gasteiger partial charge < -0.3 is 15.4 Å². The number of rotatable bonds is 7. The van der Waals surface area contributed by atoms with Gasteiger partial charge in [0.15, 0.2) is 0 Å². The number of amides is 1. The Bertz CT molecular complexity index is 381. The third kappa shape index (κ3) is 4.72. The van der Waals surface area contributed by atoms with E-state index in [1.165, 1.54) is 6.07 Å². The molecule has 4 nitrogen and oxygen atoms in total. The van der Waals surface area contributed by atoms with Crippen LogP contribution in [0.4, 0.5) is 4.39 Å². The summed E-state index contributed by atoms with van der Waals surface area (Å²) in [5.41, 5.74) is 0.0365. The van der Waals surface area contributed by atoms with Gasteiger partial charge in [-0.05, 0) is 28.1 Å². The maximum absolute atomic E-state index is 13.5. The number of hydrogen-bond donors (Lipinski definition) is 2. The van der Waals surface area contributed by atoms with Gasteiger partial charge in [-0.3, -0.25) is 4.79 Å². The van der Waals surface area contributed by atoms with Crippen molar-refractivity contribution in [1.82, 2.24) is 10.6 Å². The summed E-state index contributed by atoms with van der Waals surface area (Å²) in [5, 5.41) is 5.72. The highest BCUT2D eigenvalue weighted by Crippen LogP contribution is 2.19. The molecule has 0 fully saturated rings. The van der Waals surface area contributed by atoms with Crippen LogP contribution < -0.4 is 10.6 Å². The average Bonchev–Trinajstić information content (AvgIpc) is 2.33. The van der Waals surface area contributed by atoms with Gasteiger partial charge in [0, 0.05) is 31.2 Å². The van der Waals surface area contributed by atoms with Gasteiger partial charge in [-0.25, -0.2) is 4.39 Å². The molecule has 0 saturated heterocycles. The summed E-state index contributed by atoms with van der Waals surface area (Å²) in [4.78, 5) is 11.7. The number of methoxy groups -OCH3 is 1. The molecule has 0 saturated carbocycles. The third-order valence-corrected chi connectivity index (χ3v) is 2.92. The standard InChI is InChI=1S/C12H16BrFN2O2/c1-18-8-7-15-5-6-16-12(17)11-9(13)3-2-4-10(11)14/h2-4,15H,5-8H2,1H3,(H,16,17). The Morgan fingerprint density at radius 2 is 2.17 bits per heavy atom. The average molecular weight is 319 g/mol. The Labute approximate surface area is 114 Å². The Balaban J connectivity index is 2.37. The van der Waals surface area contributed by atoms with E-state index in [2.05, 4.69) is 26.6 Å². The summed E-state index contributed by atoms with van der Waals surface area (Å²) < 4.78 is 18.8. The van der Waals surface area contributed by atoms with Gasteiger partial charge >= 0.3 is 0 Å². The fourth-order valence-corrected chi connectivity index (χ4v) is 1.89. The highest BCUT2D eigenvalue weighted by Gasteiger charge is 2.14. The van der Waals surface area contributed by atoms with Crippen LogP contribution in [0.3, 0.4) is 0 Å². The van der Waals surface area contributed by atoms with Crippen molar-refractivity contribution in [3.63, 3.8) is 0 Å². The molecule has 0 aliphatic carbocycles. The topological polar surface area (TPSA) is 50.4 Å². The van der Waals surface area contributed by atoms with Crippen molar-refractivity contribution in [1.29, 1.82) is 0 Å². The molecule has 1 aromatic carbocycles. The lowest BCUT2D eigenvalue weighted by atomic mass is 10.2. The van der Waals surface area contributed by atoms with Crippen molar-refractivity contribution < 1.29 is 13.9 Å². The largest absolute Gasteiger partial charge is 0.383 e. The summed E-state index contributed by atoms with van der Waals surface area (Å²) >= 11 is 3.16. The van der Waals surface area contributed by atoms with Crippen LogP contribution in [0.1, 0.15) is 10.4 Å². The van der Waals surface area contributed by atoms with Crippen molar-refractivity contribution in [2.45, 2.75) is 0 Å². The predicted molar refractivity (Wildman–Crippen MR) is 71.2 cm³/mol. The van der Waals surface area contributed by atoms with E-state index >= 15 is 0 Å². The lowest BCUT2D eigenvalue weighted by Crippen LogP contribution is -2.33. The SMILES string of the molecule is COCCNCCNC(=O)c1c(F)cccc1Br. The second-order valence-corrected chi connectivity index (χ2v) is 4.45. The van der Waals surface area contributed by atoms with Crippen LogP contribution in [0, 0.1) is 5.82 Å². The zero-order valence-electron chi connectivity index (χ0n) is 10.1. The number of nitrogens with one attached hydrogen (secondary N) is 2. The predicted octanol–water partition coefficient (Wildman–Crippen LogP) is 1.55. The molecule has 0 aliphatic heterocycles. The molecule has 0 atom stereocenters. The van der Waals surface area contributed by atoms with Gasteiger partial charge in [0.2, 0.25) is 0 Å². The van der Waals surface area contributed by atoms with E-state index in [1.807, 2.05) is 0 Å². The Morgan fingerprint density at radius 1 is 1.39 bits per heavy atom. The first-order valence-corrected chi connectivity index (χ1v) is 6.38. The minimum atomic E-state index is -0.533. The minimum absolute atomic E-state index is 0.0365. The lowest BCUT2D eigenvalue weighted by molar-refractivity contribution is 0.0949. The van der Waals surface area contributed by atoms with Crippen LogP contribution in [0.2, 0.25) is 0 Å². The Kier molecular flexibility index (Phi) is 6.85. The van der Waals surface area contributed by atoms with Crippen molar-refractivity contribution in [2.24, 2.45) is 0 Å². The Morgan fingerprint density at radius 3 is 2.83 bits per heavy atom. The number of carbonyl (C=O) groups is 1. The summed E-state index contributed by atoms with van der Waals surface area (Å²) in [7, 11) is 1.62. The quantitative estimate of drug-likeness (QED) is 0.750. The fourth-order valence-electron chi connectivity index (χ4n) is 1.37. The first kappa shape index (κ1) is 15.1. The molecular weight excluding hydrogens is 303 g/mol. The molecule has 18 heavy (non-hydrogen) atoms. The second-order valence-electron chi connectivity index (χ2n) is 3.60. The van der Waals surface area contributed by atoms with Crippen molar-refractivity contribution in [3.8, 4) is 0 Å². The van der Waals surface area contributed by atoms with E-state index in [-0.39, 0.29) is 5.56 Å². The molecule has 0 spiro atoms. The van der Waals surface area contributed by atoms with E-state index in [4.69, 9.17) is 4.74 Å². The lowest BCUT2D eigenvalue weighted by Gasteiger charge is -2.08. The summed E-state index contributed by atoms with van der Waals surface area (Å²) in [6.07, 6.45) is 0. The van der Waals surface area contributed by atoms with Gasteiger partial charge in [-0.1, -0.05) is 6.07 Å². The number of hydrogen-bond acceptors (Lipinski definition) is 3. The molecular formula is C12H16BrFN2O2. The monoisotopic (exact) mass is 318 g/mol. The number of halogens is 2. The van der Waals surface area contributed by atoms with Crippen molar-refractivity contribution in [3.05, 3.63) is 34.1 Å². The molecule has 0 aromatic heterocycles. The fraction of sp³-hybridized carbons (Fsp3) is 0.417. The number of carbonyl (C=O) groups excluding carboxylic acids is 1. The first-order valence-electron chi connectivity index (χ1n) is 5.58. The summed E-state index contributed by atoms with van der Waals surface area (Å²) in [5.74, 6) is -0.956. The molecule has 0 aliphatic rings. The zero-order valence-corrected chi connectivity index (χ0v) is 11.7. The van der Waals surface area contributed by atoms with E-state index < -0.39 is 11.7 Å². The van der Waals surface area contributed by atoms with E-state index in [1.54, 1.807) is 19.2 Å². The third-order valence-electron chi connectivity index (χ3n) is 2.26. The molecule has 1 aromatic rings. The van der Waals surface area contributed by atoms with Gasteiger partial charge in [-0.2, -0.15) is 0 Å². The van der Waals surface area contributed by atoms with Crippen LogP contribution in [-0.4, -0.2) is 39.3 Å². The van der Waals surface area contributed by atoms with E-state index in [0.29, 0.717) is 24.2 Å². The first-order chi connectivity index (χ1) is 8.66. The smallest absolute Gasteiger partial charge is 0.255 e. The maximum atomic E-state index is 13.5. The molecule has 0 unspecified atom stereocenters. The minimum Gasteiger partial charge on any atom is -0.383 e. The number of benzene rings is 1. The van der Waals surface area contributed by atoms with E-state index in [9.17, 15) is 9.18 Å². The molecule has 0 heterocycles. The Hall–Kier alpha value is -0.980. The van der Waals surface area contributed by atoms with Gasteiger partial charge in [0.1, 0.15) is 5.82 Å². The molecule has 100 valence electrons. The van der Waals surface area contributed by atoms with Gasteiger partial charge in [-0.15, -0.1) is 0 Å². The van der Waals surface area contributed by atoms with Crippen molar-refractivity contribution >= 4 is 21.8 Å². The molecule has 1 amide bonds. The van der Waals surface area contributed by atoms with Crippen LogP contribution >= 0.6 is 15.9 Å². The molecule has 0 bridgehead atoms. The van der Waals surface area contributed by atoms with E-state index in [0.717, 1.165) is 6.54 Å². The molecule has 0 radical (unpaired) electrons. The van der Waals surface area contributed by atoms with Gasteiger partial charge in [0.25, 0.3) is 5.91 Å². The number of ether oxygens (including phenoxy) is 1. The molecule has 2 N–H and O–H groups in total. The normalized spacial score (nSPS) is 10.4. The summed E-state index contributed by atoms with van der Waals surface area (Å²) in [6, 6.07) is 4.44. The van der Waals surface area contributed by atoms with Gasteiger partial charge in [0.05, 0.1) is 12.2 Å². The second kappa shape index (κ2) is 8.18. The van der Waals surface area contributed by atoms with Crippen molar-refractivity contribution in [2.75, 3.05) is 33.4 Å². The maximum Gasteiger partial charge on any atom is 0.255 e. The van der Waals surface area contributed by atoms with Crippen LogP contribution in [0.15, 0.2) is 22.7 Å². The van der Waals surface area contributed by atoms with Crippen LogP contribution in [0.25, 0.3) is 0 Å². The summed E-state index contributed by atoms with van der Waals surface area (Å²) in [6.45, 7) is 2.38. The van der Waals surface area contributed by atoms with Crippen LogP contribution in [-0.2, 0) is 4.74 Å². The van der Waals surface area contributed by atoms with Crippen LogP contribution in [0.5, 0.6) is 0 Å². The zero-order chi connectivity index (χ0) is 13.4. The molecule has 1 rings (SSSR count). The molecule has 6 heteroatoms. The highest BCUT2D eigenvalue weighted by molar-refractivity contribution is 9.10. The highest BCUT2D eigenvalue weighted by atomic mass is 79.9.